The van der Waals surface area contributed by atoms with Crippen molar-refractivity contribution in [1.82, 2.24) is 4.90 Å². The zero-order valence-electron chi connectivity index (χ0n) is 15.2. The van der Waals surface area contributed by atoms with Crippen molar-refractivity contribution in [3.63, 3.8) is 0 Å². The number of carboxylic acids is 1. The first-order chi connectivity index (χ1) is 13.3. The van der Waals surface area contributed by atoms with Gasteiger partial charge < -0.3 is 9.52 Å². The summed E-state index contributed by atoms with van der Waals surface area (Å²) in [6, 6.07) is 9.82. The molecule has 1 N–H and O–H groups in total. The smallest absolute Gasteiger partial charge is 0.326 e. The molecule has 0 aliphatic carbocycles. The Morgan fingerprint density at radius 2 is 2.04 bits per heavy atom. The molecule has 0 radical (unpaired) electrons. The number of hydrogen-bond acceptors (Lipinski definition) is 5. The first kappa shape index (κ1) is 20.6. The molecule has 1 aliphatic heterocycles. The van der Waals surface area contributed by atoms with Gasteiger partial charge in [-0.1, -0.05) is 61.6 Å². The minimum absolute atomic E-state index is 0.109. The van der Waals surface area contributed by atoms with Crippen molar-refractivity contribution in [2.45, 2.75) is 26.3 Å². The van der Waals surface area contributed by atoms with Gasteiger partial charge in [0.25, 0.3) is 5.91 Å². The van der Waals surface area contributed by atoms with E-state index < -0.39 is 17.9 Å². The van der Waals surface area contributed by atoms with Crippen LogP contribution in [0, 0.1) is 5.92 Å². The number of benzene rings is 1. The highest BCUT2D eigenvalue weighted by Crippen LogP contribution is 2.36. The van der Waals surface area contributed by atoms with Gasteiger partial charge in [-0.15, -0.1) is 0 Å². The fourth-order valence-corrected chi connectivity index (χ4v) is 4.44. The number of nitrogens with zero attached hydrogens (tertiary/aromatic N) is 1. The van der Waals surface area contributed by atoms with Crippen LogP contribution in [0.4, 0.5) is 0 Å². The van der Waals surface area contributed by atoms with Gasteiger partial charge in [0.2, 0.25) is 0 Å². The second-order valence-electron chi connectivity index (χ2n) is 6.72. The Balaban J connectivity index is 1.86. The summed E-state index contributed by atoms with van der Waals surface area (Å²) in [6.45, 7) is 3.81. The van der Waals surface area contributed by atoms with Crippen LogP contribution in [0.5, 0.6) is 0 Å². The molecule has 2 heterocycles. The van der Waals surface area contributed by atoms with E-state index in [-0.39, 0.29) is 10.2 Å². The average Bonchev–Trinajstić information content (AvgIpc) is 3.18. The van der Waals surface area contributed by atoms with E-state index in [1.165, 1.54) is 4.90 Å². The van der Waals surface area contributed by atoms with Crippen LogP contribution in [0.1, 0.15) is 26.0 Å². The van der Waals surface area contributed by atoms with Crippen molar-refractivity contribution in [2.75, 3.05) is 0 Å². The zero-order chi connectivity index (χ0) is 20.4. The van der Waals surface area contributed by atoms with Crippen molar-refractivity contribution in [1.29, 1.82) is 0 Å². The summed E-state index contributed by atoms with van der Waals surface area (Å²) in [5, 5.41) is 10.1. The van der Waals surface area contributed by atoms with Crippen LogP contribution in [0.15, 0.2) is 45.7 Å². The molecule has 1 saturated heterocycles. The molecule has 0 bridgehead atoms. The molecule has 0 unspecified atom stereocenters. The van der Waals surface area contributed by atoms with E-state index in [0.29, 0.717) is 27.9 Å². The van der Waals surface area contributed by atoms with E-state index in [4.69, 9.17) is 28.2 Å². The van der Waals surface area contributed by atoms with Crippen LogP contribution in [-0.2, 0) is 9.59 Å². The van der Waals surface area contributed by atoms with Gasteiger partial charge in [-0.3, -0.25) is 9.69 Å². The molecule has 0 saturated carbocycles. The van der Waals surface area contributed by atoms with Gasteiger partial charge >= 0.3 is 5.97 Å². The molecule has 3 rings (SSSR count). The van der Waals surface area contributed by atoms with E-state index in [9.17, 15) is 14.7 Å². The number of amides is 1. The molecular formula is C20H18ClNO4S2. The Bertz CT molecular complexity index is 967. The van der Waals surface area contributed by atoms with Crippen molar-refractivity contribution in [3.05, 3.63) is 52.1 Å². The van der Waals surface area contributed by atoms with E-state index in [2.05, 4.69) is 0 Å². The number of thiocarbonyl (C=S) groups is 1. The van der Waals surface area contributed by atoms with E-state index in [1.807, 2.05) is 32.0 Å². The summed E-state index contributed by atoms with van der Waals surface area (Å²) >= 11 is 12.5. The molecule has 146 valence electrons. The molecule has 1 aliphatic rings. The molecule has 2 aromatic rings. The number of carbonyl (C=O) groups is 2. The van der Waals surface area contributed by atoms with Gasteiger partial charge in [-0.05, 0) is 36.6 Å². The Morgan fingerprint density at radius 1 is 1.32 bits per heavy atom. The van der Waals surface area contributed by atoms with Crippen LogP contribution in [0.3, 0.4) is 0 Å². The number of furan rings is 1. The van der Waals surface area contributed by atoms with E-state index in [1.54, 1.807) is 24.3 Å². The number of aliphatic carboxylic acids is 1. The lowest BCUT2D eigenvalue weighted by Crippen LogP contribution is -2.44. The highest BCUT2D eigenvalue weighted by molar-refractivity contribution is 8.26. The predicted molar refractivity (Wildman–Crippen MR) is 115 cm³/mol. The van der Waals surface area contributed by atoms with Crippen LogP contribution in [-0.4, -0.2) is 32.2 Å². The lowest BCUT2D eigenvalue weighted by Gasteiger charge is -2.24. The van der Waals surface area contributed by atoms with Gasteiger partial charge in [0.05, 0.1) is 9.93 Å². The largest absolute Gasteiger partial charge is 0.480 e. The molecular weight excluding hydrogens is 418 g/mol. The lowest BCUT2D eigenvalue weighted by atomic mass is 10.0. The first-order valence-electron chi connectivity index (χ1n) is 8.62. The normalized spacial score (nSPS) is 17.0. The van der Waals surface area contributed by atoms with Crippen LogP contribution in [0.25, 0.3) is 17.4 Å². The maximum atomic E-state index is 12.8. The summed E-state index contributed by atoms with van der Waals surface area (Å²) in [4.78, 5) is 26.0. The summed E-state index contributed by atoms with van der Waals surface area (Å²) in [7, 11) is 0. The van der Waals surface area contributed by atoms with Crippen molar-refractivity contribution >= 4 is 57.9 Å². The van der Waals surface area contributed by atoms with Gasteiger partial charge in [-0.2, -0.15) is 0 Å². The number of carboxylic acid groups (broad SMARTS) is 1. The molecule has 5 nitrogen and oxygen atoms in total. The summed E-state index contributed by atoms with van der Waals surface area (Å²) in [5.41, 5.74) is 0.749. The molecule has 1 atom stereocenters. The van der Waals surface area contributed by atoms with Gasteiger partial charge in [0.1, 0.15) is 21.9 Å². The molecule has 1 aromatic carbocycles. The standard InChI is InChI=1S/C20H18ClNO4S2/c1-11(2)9-15(19(24)25)22-18(23)17(28-20(22)27)10-12-7-8-16(26-12)13-5-3-4-6-14(13)21/h3-8,10-11,15H,9H2,1-2H3,(H,24,25)/b17-10+/t15-/m1/s1. The Morgan fingerprint density at radius 3 is 2.68 bits per heavy atom. The SMILES string of the molecule is CC(C)C[C@H](C(=O)O)N1C(=O)/C(=C\c2ccc(-c3ccccc3Cl)o2)SC1=S. The number of hydrogen-bond donors (Lipinski definition) is 1. The number of thioether (sulfide) groups is 1. The Kier molecular flexibility index (Phi) is 6.27. The monoisotopic (exact) mass is 435 g/mol. The highest BCUT2D eigenvalue weighted by atomic mass is 35.5. The number of rotatable bonds is 6. The van der Waals surface area contributed by atoms with Crippen LogP contribution in [0.2, 0.25) is 5.02 Å². The molecule has 28 heavy (non-hydrogen) atoms. The quantitative estimate of drug-likeness (QED) is 0.490. The summed E-state index contributed by atoms with van der Waals surface area (Å²) < 4.78 is 6.04. The predicted octanol–water partition coefficient (Wildman–Crippen LogP) is 5.30. The average molecular weight is 436 g/mol. The van der Waals surface area contributed by atoms with Crippen molar-refractivity contribution < 1.29 is 19.1 Å². The zero-order valence-corrected chi connectivity index (χ0v) is 17.6. The summed E-state index contributed by atoms with van der Waals surface area (Å²) in [6.07, 6.45) is 1.90. The molecule has 1 amide bonds. The Labute approximate surface area is 177 Å². The molecule has 8 heteroatoms. The maximum Gasteiger partial charge on any atom is 0.326 e. The topological polar surface area (TPSA) is 70.8 Å². The van der Waals surface area contributed by atoms with E-state index >= 15 is 0 Å². The lowest BCUT2D eigenvalue weighted by molar-refractivity contribution is -0.145. The maximum absolute atomic E-state index is 12.8. The highest BCUT2D eigenvalue weighted by Gasteiger charge is 2.40. The third kappa shape index (κ3) is 4.32. The fourth-order valence-electron chi connectivity index (χ4n) is 2.88. The number of halogens is 1. The van der Waals surface area contributed by atoms with Gasteiger partial charge in [-0.25, -0.2) is 4.79 Å². The minimum Gasteiger partial charge on any atom is -0.480 e. The fraction of sp³-hybridized carbons (Fsp3) is 0.250. The first-order valence-corrected chi connectivity index (χ1v) is 10.2. The number of carbonyl (C=O) groups excluding carboxylic acids is 1. The van der Waals surface area contributed by atoms with Crippen LogP contribution >= 0.6 is 35.6 Å². The molecule has 0 spiro atoms. The minimum atomic E-state index is -1.06. The second-order valence-corrected chi connectivity index (χ2v) is 8.80. The van der Waals surface area contributed by atoms with Crippen molar-refractivity contribution in [3.8, 4) is 11.3 Å². The third-order valence-electron chi connectivity index (χ3n) is 4.15. The molecule has 1 aromatic heterocycles. The van der Waals surface area contributed by atoms with Crippen molar-refractivity contribution in [2.24, 2.45) is 5.92 Å². The van der Waals surface area contributed by atoms with Crippen LogP contribution < -0.4 is 0 Å². The third-order valence-corrected chi connectivity index (χ3v) is 5.81. The van der Waals surface area contributed by atoms with E-state index in [0.717, 1.165) is 17.3 Å². The molecule has 1 fully saturated rings. The Hall–Kier alpha value is -2.09. The van der Waals surface area contributed by atoms with Gasteiger partial charge in [0.15, 0.2) is 0 Å². The summed E-state index contributed by atoms with van der Waals surface area (Å²) in [5.74, 6) is -0.330. The van der Waals surface area contributed by atoms with Gasteiger partial charge in [0, 0.05) is 11.6 Å². The second kappa shape index (κ2) is 8.51.